The van der Waals surface area contributed by atoms with Gasteiger partial charge in [0.25, 0.3) is 0 Å². The van der Waals surface area contributed by atoms with E-state index in [4.69, 9.17) is 4.74 Å². The van der Waals surface area contributed by atoms with Gasteiger partial charge in [-0.2, -0.15) is 16.1 Å². The van der Waals surface area contributed by atoms with E-state index < -0.39 is 28.0 Å². The first-order chi connectivity index (χ1) is 14.8. The zero-order chi connectivity index (χ0) is 22.6. The number of benzene rings is 2. The Kier molecular flexibility index (Phi) is 7.46. The summed E-state index contributed by atoms with van der Waals surface area (Å²) in [5.74, 6) is -0.577. The van der Waals surface area contributed by atoms with E-state index in [0.717, 1.165) is 11.1 Å². The lowest BCUT2D eigenvalue weighted by atomic mass is 9.90. The standard InChI is InChI=1S/C23H27NO5S2/c1-4-12-30-22-14-21(17-6-5-7-18(13-17)29-3)24(15-20(22)23(25)26)31(27,28)19-10-8-16(2)9-11-19/h4-11,13,20-22H,1,12,14-15H2,2-3H3,(H,25,26)/t20-,21+,22-/m1/s1. The zero-order valence-electron chi connectivity index (χ0n) is 17.6. The fraction of sp³-hybridized carbons (Fsp3) is 0.348. The second-order valence-electron chi connectivity index (χ2n) is 7.52. The molecule has 2 aromatic rings. The average Bonchev–Trinajstić information content (AvgIpc) is 2.77. The monoisotopic (exact) mass is 461 g/mol. The summed E-state index contributed by atoms with van der Waals surface area (Å²) in [6, 6.07) is 13.4. The molecule has 8 heteroatoms. The molecular formula is C23H27NO5S2. The lowest BCUT2D eigenvalue weighted by Crippen LogP contribution is -2.49. The molecule has 1 fully saturated rings. The van der Waals surface area contributed by atoms with Crippen molar-refractivity contribution in [1.82, 2.24) is 4.31 Å². The number of ether oxygens (including phenoxy) is 1. The molecule has 1 N–H and O–H groups in total. The summed E-state index contributed by atoms with van der Waals surface area (Å²) in [4.78, 5) is 12.2. The minimum absolute atomic E-state index is 0.0950. The van der Waals surface area contributed by atoms with Gasteiger partial charge >= 0.3 is 5.97 Å². The number of aryl methyl sites for hydroxylation is 1. The van der Waals surface area contributed by atoms with Crippen LogP contribution in [0.4, 0.5) is 0 Å². The van der Waals surface area contributed by atoms with Crippen LogP contribution in [0.15, 0.2) is 66.1 Å². The van der Waals surface area contributed by atoms with Gasteiger partial charge < -0.3 is 9.84 Å². The summed E-state index contributed by atoms with van der Waals surface area (Å²) in [5.41, 5.74) is 1.73. The number of thioether (sulfide) groups is 1. The van der Waals surface area contributed by atoms with E-state index in [9.17, 15) is 18.3 Å². The number of carboxylic acids is 1. The molecule has 0 saturated carbocycles. The highest BCUT2D eigenvalue weighted by Crippen LogP contribution is 2.42. The number of piperidine rings is 1. The van der Waals surface area contributed by atoms with Crippen LogP contribution >= 0.6 is 11.8 Å². The molecule has 1 aliphatic heterocycles. The van der Waals surface area contributed by atoms with Gasteiger partial charge in [-0.25, -0.2) is 8.42 Å². The quantitative estimate of drug-likeness (QED) is 0.595. The van der Waals surface area contributed by atoms with Crippen molar-refractivity contribution < 1.29 is 23.1 Å². The number of hydrogen-bond donors (Lipinski definition) is 1. The van der Waals surface area contributed by atoms with Gasteiger partial charge in [0.2, 0.25) is 10.0 Å². The number of hydrogen-bond acceptors (Lipinski definition) is 5. The van der Waals surface area contributed by atoms with Crippen molar-refractivity contribution in [2.24, 2.45) is 5.92 Å². The number of nitrogens with zero attached hydrogens (tertiary/aromatic N) is 1. The first-order valence-electron chi connectivity index (χ1n) is 9.95. The molecule has 0 aromatic heterocycles. The van der Waals surface area contributed by atoms with E-state index in [2.05, 4.69) is 6.58 Å². The predicted octanol–water partition coefficient (Wildman–Crippen LogP) is 4.13. The van der Waals surface area contributed by atoms with Crippen LogP contribution in [-0.4, -0.2) is 48.5 Å². The average molecular weight is 462 g/mol. The predicted molar refractivity (Wildman–Crippen MR) is 123 cm³/mol. The van der Waals surface area contributed by atoms with Crippen molar-refractivity contribution in [2.45, 2.75) is 29.5 Å². The summed E-state index contributed by atoms with van der Waals surface area (Å²) in [7, 11) is -2.35. The Hall–Kier alpha value is -2.29. The van der Waals surface area contributed by atoms with Crippen LogP contribution in [0.3, 0.4) is 0 Å². The molecule has 3 atom stereocenters. The molecule has 0 amide bonds. The molecule has 166 valence electrons. The van der Waals surface area contributed by atoms with Crippen molar-refractivity contribution in [1.29, 1.82) is 0 Å². The van der Waals surface area contributed by atoms with E-state index in [1.165, 1.54) is 16.1 Å². The molecule has 0 radical (unpaired) electrons. The minimum atomic E-state index is -3.91. The molecule has 1 saturated heterocycles. The highest BCUT2D eigenvalue weighted by atomic mass is 32.2. The van der Waals surface area contributed by atoms with Gasteiger partial charge in [0.1, 0.15) is 5.75 Å². The molecule has 0 aliphatic carbocycles. The first kappa shape index (κ1) is 23.4. The maximum Gasteiger partial charge on any atom is 0.308 e. The lowest BCUT2D eigenvalue weighted by Gasteiger charge is -2.41. The summed E-state index contributed by atoms with van der Waals surface area (Å²) in [6.45, 7) is 5.52. The number of carboxylic acid groups (broad SMARTS) is 1. The number of methoxy groups -OCH3 is 1. The van der Waals surface area contributed by atoms with Crippen LogP contribution in [0.25, 0.3) is 0 Å². The normalized spacial score (nSPS) is 22.1. The molecule has 3 rings (SSSR count). The Morgan fingerprint density at radius 3 is 2.61 bits per heavy atom. The van der Waals surface area contributed by atoms with Crippen LogP contribution in [0.5, 0.6) is 5.75 Å². The molecule has 0 unspecified atom stereocenters. The van der Waals surface area contributed by atoms with Crippen molar-refractivity contribution in [3.8, 4) is 5.75 Å². The van der Waals surface area contributed by atoms with Crippen LogP contribution < -0.4 is 4.74 Å². The summed E-state index contributed by atoms with van der Waals surface area (Å²) < 4.78 is 33.9. The number of rotatable bonds is 8. The van der Waals surface area contributed by atoms with E-state index in [1.807, 2.05) is 25.1 Å². The van der Waals surface area contributed by atoms with Gasteiger partial charge in [0, 0.05) is 17.5 Å². The minimum Gasteiger partial charge on any atom is -0.497 e. The highest BCUT2D eigenvalue weighted by molar-refractivity contribution is 8.00. The van der Waals surface area contributed by atoms with Gasteiger partial charge in [0.15, 0.2) is 0 Å². The third-order valence-corrected chi connectivity index (χ3v) is 8.75. The Labute approximate surface area is 188 Å². The molecule has 6 nitrogen and oxygen atoms in total. The Morgan fingerprint density at radius 1 is 1.29 bits per heavy atom. The Balaban J connectivity index is 2.08. The van der Waals surface area contributed by atoms with Crippen LogP contribution in [0.2, 0.25) is 0 Å². The van der Waals surface area contributed by atoms with Crippen molar-refractivity contribution in [3.05, 3.63) is 72.3 Å². The van der Waals surface area contributed by atoms with Crippen LogP contribution in [0, 0.1) is 12.8 Å². The third-order valence-electron chi connectivity index (χ3n) is 5.48. The van der Waals surface area contributed by atoms with Crippen molar-refractivity contribution in [3.63, 3.8) is 0 Å². The van der Waals surface area contributed by atoms with Crippen LogP contribution in [-0.2, 0) is 14.8 Å². The molecule has 0 spiro atoms. The summed E-state index contributed by atoms with van der Waals surface area (Å²) in [5, 5.41) is 9.62. The fourth-order valence-corrected chi connectivity index (χ4v) is 6.60. The third kappa shape index (κ3) is 5.14. The van der Waals surface area contributed by atoms with Crippen molar-refractivity contribution >= 4 is 27.8 Å². The van der Waals surface area contributed by atoms with E-state index in [0.29, 0.717) is 17.9 Å². The Bertz CT molecular complexity index is 1040. The number of sulfonamides is 1. The second kappa shape index (κ2) is 9.89. The SMILES string of the molecule is C=CCS[C@@H]1C[C@@H](c2cccc(OC)c2)N(S(=O)(=O)c2ccc(C)cc2)C[C@H]1C(=O)O. The van der Waals surface area contributed by atoms with Gasteiger partial charge in [-0.1, -0.05) is 35.9 Å². The number of carbonyl (C=O) groups is 1. The maximum atomic E-state index is 13.6. The largest absolute Gasteiger partial charge is 0.497 e. The topological polar surface area (TPSA) is 83.9 Å². The number of aliphatic carboxylic acids is 1. The maximum absolute atomic E-state index is 13.6. The molecule has 2 aromatic carbocycles. The smallest absolute Gasteiger partial charge is 0.308 e. The van der Waals surface area contributed by atoms with Gasteiger partial charge in [-0.15, -0.1) is 6.58 Å². The van der Waals surface area contributed by atoms with Gasteiger partial charge in [-0.05, 0) is 43.2 Å². The second-order valence-corrected chi connectivity index (χ2v) is 10.7. The first-order valence-corrected chi connectivity index (χ1v) is 12.4. The molecule has 0 bridgehead atoms. The molecule has 1 heterocycles. The zero-order valence-corrected chi connectivity index (χ0v) is 19.2. The highest BCUT2D eigenvalue weighted by Gasteiger charge is 2.45. The Morgan fingerprint density at radius 2 is 2.00 bits per heavy atom. The van der Waals surface area contributed by atoms with Crippen molar-refractivity contribution in [2.75, 3.05) is 19.4 Å². The lowest BCUT2D eigenvalue weighted by molar-refractivity contribution is -0.143. The fourth-order valence-electron chi connectivity index (χ4n) is 3.82. The van der Waals surface area contributed by atoms with Crippen LogP contribution in [0.1, 0.15) is 23.6 Å². The summed E-state index contributed by atoms with van der Waals surface area (Å²) >= 11 is 1.50. The molecular weight excluding hydrogens is 434 g/mol. The van der Waals surface area contributed by atoms with Gasteiger partial charge in [0.05, 0.1) is 24.0 Å². The van der Waals surface area contributed by atoms with E-state index in [-0.39, 0.29) is 16.7 Å². The van der Waals surface area contributed by atoms with Gasteiger partial charge in [-0.3, -0.25) is 4.79 Å². The van der Waals surface area contributed by atoms with E-state index >= 15 is 0 Å². The van der Waals surface area contributed by atoms with E-state index in [1.54, 1.807) is 43.5 Å². The molecule has 31 heavy (non-hydrogen) atoms. The molecule has 1 aliphatic rings. The summed E-state index contributed by atoms with van der Waals surface area (Å²) in [6.07, 6.45) is 2.12.